The molecule has 2 heterocycles. The van der Waals surface area contributed by atoms with Crippen LogP contribution in [0.25, 0.3) is 0 Å². The molecule has 2 aromatic heterocycles. The highest BCUT2D eigenvalue weighted by atomic mass is 32.1. The van der Waals surface area contributed by atoms with Gasteiger partial charge in [0.05, 0.1) is 17.5 Å². The molecular formula is C13H17N3O2S. The quantitative estimate of drug-likeness (QED) is 0.882. The molecule has 2 aromatic rings. The first-order valence-corrected chi connectivity index (χ1v) is 6.86. The van der Waals surface area contributed by atoms with Crippen molar-refractivity contribution in [2.75, 3.05) is 12.4 Å². The summed E-state index contributed by atoms with van der Waals surface area (Å²) in [6.07, 6.45) is 2.31. The van der Waals surface area contributed by atoms with E-state index in [1.807, 2.05) is 26.0 Å². The number of aromatic nitrogens is 1. The Bertz CT molecular complexity index is 548. The topological polar surface area (TPSA) is 67.2 Å². The molecule has 0 radical (unpaired) electrons. The molecule has 0 aliphatic heterocycles. The Morgan fingerprint density at radius 2 is 2.37 bits per heavy atom. The van der Waals surface area contributed by atoms with Gasteiger partial charge in [-0.1, -0.05) is 0 Å². The zero-order valence-corrected chi connectivity index (χ0v) is 12.0. The molecule has 0 saturated heterocycles. The van der Waals surface area contributed by atoms with Crippen molar-refractivity contribution in [1.29, 1.82) is 0 Å². The zero-order valence-electron chi connectivity index (χ0n) is 11.2. The highest BCUT2D eigenvalue weighted by Crippen LogP contribution is 2.23. The highest BCUT2D eigenvalue weighted by Gasteiger charge is 2.19. The fourth-order valence-corrected chi connectivity index (χ4v) is 2.63. The molecule has 0 fully saturated rings. The van der Waals surface area contributed by atoms with Crippen LogP contribution in [0.5, 0.6) is 0 Å². The van der Waals surface area contributed by atoms with E-state index in [1.54, 1.807) is 13.3 Å². The van der Waals surface area contributed by atoms with Gasteiger partial charge in [-0.2, -0.15) is 4.37 Å². The Hall–Kier alpha value is -1.82. The van der Waals surface area contributed by atoms with Crippen LogP contribution in [0.3, 0.4) is 0 Å². The van der Waals surface area contributed by atoms with Gasteiger partial charge in [0, 0.05) is 19.5 Å². The van der Waals surface area contributed by atoms with Crippen LogP contribution in [0, 0.1) is 6.92 Å². The minimum atomic E-state index is -0.102. The third kappa shape index (κ3) is 3.14. The Balaban J connectivity index is 2.02. The van der Waals surface area contributed by atoms with Crippen molar-refractivity contribution in [3.05, 3.63) is 35.4 Å². The normalized spacial score (nSPS) is 12.2. The fraction of sp³-hybridized carbons (Fsp3) is 0.385. The maximum Gasteiger partial charge on any atom is 0.256 e. The number of aryl methyl sites for hydroxylation is 1. The average Bonchev–Trinajstić information content (AvgIpc) is 2.98. The van der Waals surface area contributed by atoms with Gasteiger partial charge in [0.25, 0.3) is 5.91 Å². The number of anilines is 1. The van der Waals surface area contributed by atoms with Gasteiger partial charge in [0.1, 0.15) is 10.8 Å². The number of carbonyl (C=O) groups excluding carboxylic acids is 1. The summed E-state index contributed by atoms with van der Waals surface area (Å²) < 4.78 is 9.46. The molecule has 1 amide bonds. The number of furan rings is 1. The molecule has 0 unspecified atom stereocenters. The predicted octanol–water partition coefficient (Wildman–Crippen LogP) is 2.45. The van der Waals surface area contributed by atoms with Crippen molar-refractivity contribution in [1.82, 2.24) is 9.69 Å². The van der Waals surface area contributed by atoms with Crippen LogP contribution in [0.4, 0.5) is 5.00 Å². The third-order valence-corrected chi connectivity index (χ3v) is 3.74. The molecule has 0 bridgehead atoms. The van der Waals surface area contributed by atoms with Gasteiger partial charge in [-0.15, -0.1) is 0 Å². The van der Waals surface area contributed by atoms with Crippen molar-refractivity contribution in [2.45, 2.75) is 26.3 Å². The van der Waals surface area contributed by atoms with E-state index in [4.69, 9.17) is 4.42 Å². The maximum absolute atomic E-state index is 12.2. The van der Waals surface area contributed by atoms with Gasteiger partial charge in [-0.25, -0.2) is 0 Å². The SMILES string of the molecule is CNc1snc(C)c1C(=O)N[C@@H](C)Cc1ccco1. The zero-order chi connectivity index (χ0) is 13.8. The van der Waals surface area contributed by atoms with Gasteiger partial charge in [-0.05, 0) is 37.5 Å². The molecule has 19 heavy (non-hydrogen) atoms. The van der Waals surface area contributed by atoms with Gasteiger partial charge in [0.15, 0.2) is 0 Å². The van der Waals surface area contributed by atoms with Crippen molar-refractivity contribution in [3.8, 4) is 0 Å². The number of carbonyl (C=O) groups is 1. The van der Waals surface area contributed by atoms with Crippen LogP contribution in [0.1, 0.15) is 28.7 Å². The van der Waals surface area contributed by atoms with Crippen molar-refractivity contribution >= 4 is 22.4 Å². The first-order valence-electron chi connectivity index (χ1n) is 6.09. The molecule has 2 N–H and O–H groups in total. The van der Waals surface area contributed by atoms with E-state index in [0.717, 1.165) is 16.5 Å². The lowest BCUT2D eigenvalue weighted by Crippen LogP contribution is -2.34. The van der Waals surface area contributed by atoms with Crippen LogP contribution in [0.15, 0.2) is 22.8 Å². The molecule has 102 valence electrons. The second-order valence-electron chi connectivity index (χ2n) is 4.38. The van der Waals surface area contributed by atoms with Crippen LogP contribution in [0.2, 0.25) is 0 Å². The van der Waals surface area contributed by atoms with E-state index in [1.165, 1.54) is 11.5 Å². The van der Waals surface area contributed by atoms with E-state index in [0.29, 0.717) is 12.0 Å². The van der Waals surface area contributed by atoms with Gasteiger partial charge in [0.2, 0.25) is 0 Å². The van der Waals surface area contributed by atoms with Gasteiger partial charge >= 0.3 is 0 Å². The molecule has 0 aliphatic carbocycles. The summed E-state index contributed by atoms with van der Waals surface area (Å²) in [4.78, 5) is 12.2. The molecule has 0 aromatic carbocycles. The summed E-state index contributed by atoms with van der Waals surface area (Å²) in [6, 6.07) is 3.75. The molecule has 1 atom stereocenters. The van der Waals surface area contributed by atoms with E-state index in [9.17, 15) is 4.79 Å². The maximum atomic E-state index is 12.2. The summed E-state index contributed by atoms with van der Waals surface area (Å²) in [6.45, 7) is 3.79. The second-order valence-corrected chi connectivity index (χ2v) is 5.15. The smallest absolute Gasteiger partial charge is 0.256 e. The predicted molar refractivity (Wildman–Crippen MR) is 75.7 cm³/mol. The van der Waals surface area contributed by atoms with Crippen LogP contribution in [-0.4, -0.2) is 23.4 Å². The largest absolute Gasteiger partial charge is 0.469 e. The molecule has 0 spiro atoms. The lowest BCUT2D eigenvalue weighted by molar-refractivity contribution is 0.0939. The number of rotatable bonds is 5. The minimum Gasteiger partial charge on any atom is -0.469 e. The monoisotopic (exact) mass is 279 g/mol. The molecule has 0 aliphatic rings. The Morgan fingerprint density at radius 3 is 3.00 bits per heavy atom. The van der Waals surface area contributed by atoms with E-state index in [-0.39, 0.29) is 11.9 Å². The first kappa shape index (κ1) is 13.6. The number of hydrogen-bond acceptors (Lipinski definition) is 5. The molecule has 6 heteroatoms. The first-order chi connectivity index (χ1) is 9.11. The number of nitrogens with one attached hydrogen (secondary N) is 2. The van der Waals surface area contributed by atoms with Crippen molar-refractivity contribution in [3.63, 3.8) is 0 Å². The van der Waals surface area contributed by atoms with Crippen molar-refractivity contribution in [2.24, 2.45) is 0 Å². The van der Waals surface area contributed by atoms with Crippen molar-refractivity contribution < 1.29 is 9.21 Å². The molecule has 0 saturated carbocycles. The van der Waals surface area contributed by atoms with E-state index in [2.05, 4.69) is 15.0 Å². The molecular weight excluding hydrogens is 262 g/mol. The van der Waals surface area contributed by atoms with Crippen LogP contribution < -0.4 is 10.6 Å². The van der Waals surface area contributed by atoms with Crippen LogP contribution in [-0.2, 0) is 6.42 Å². The Morgan fingerprint density at radius 1 is 1.58 bits per heavy atom. The molecule has 2 rings (SSSR count). The summed E-state index contributed by atoms with van der Waals surface area (Å²) in [5.41, 5.74) is 1.37. The summed E-state index contributed by atoms with van der Waals surface area (Å²) in [7, 11) is 1.79. The average molecular weight is 279 g/mol. The number of nitrogens with zero attached hydrogens (tertiary/aromatic N) is 1. The van der Waals surface area contributed by atoms with E-state index >= 15 is 0 Å². The number of hydrogen-bond donors (Lipinski definition) is 2. The summed E-state index contributed by atoms with van der Waals surface area (Å²) >= 11 is 1.30. The summed E-state index contributed by atoms with van der Waals surface area (Å²) in [5.74, 6) is 0.761. The lowest BCUT2D eigenvalue weighted by atomic mass is 10.1. The summed E-state index contributed by atoms with van der Waals surface area (Å²) in [5, 5.41) is 6.75. The fourth-order valence-electron chi connectivity index (χ4n) is 1.89. The Kier molecular flexibility index (Phi) is 4.21. The molecule has 5 nitrogen and oxygen atoms in total. The van der Waals surface area contributed by atoms with E-state index < -0.39 is 0 Å². The van der Waals surface area contributed by atoms with Gasteiger partial charge < -0.3 is 15.1 Å². The lowest BCUT2D eigenvalue weighted by Gasteiger charge is -2.13. The minimum absolute atomic E-state index is 0.00246. The Labute approximate surface area is 116 Å². The standard InChI is InChI=1S/C13H17N3O2S/c1-8(7-10-5-4-6-18-10)15-12(17)11-9(2)16-19-13(11)14-3/h4-6,8,14H,7H2,1-3H3,(H,15,17)/t8-/m0/s1. The number of amides is 1. The third-order valence-electron chi connectivity index (χ3n) is 2.78. The highest BCUT2D eigenvalue weighted by molar-refractivity contribution is 7.10. The van der Waals surface area contributed by atoms with Crippen LogP contribution >= 0.6 is 11.5 Å². The second kappa shape index (κ2) is 5.88. The van der Waals surface area contributed by atoms with Gasteiger partial charge in [-0.3, -0.25) is 4.79 Å².